The second-order valence-electron chi connectivity index (χ2n) is 8.34. The number of ether oxygens (including phenoxy) is 2. The summed E-state index contributed by atoms with van der Waals surface area (Å²) in [7, 11) is 1.55. The molecule has 4 rings (SSSR count). The second-order valence-corrected chi connectivity index (χ2v) is 8.34. The molecule has 3 aromatic rings. The largest absolute Gasteiger partial charge is 0.497 e. The van der Waals surface area contributed by atoms with Crippen molar-refractivity contribution in [1.29, 1.82) is 0 Å². The molecular weight excluding hydrogens is 474 g/mol. The number of hydrogen-bond donors (Lipinski definition) is 1. The lowest BCUT2D eigenvalue weighted by molar-refractivity contribution is -0.124. The third-order valence-electron chi connectivity index (χ3n) is 5.88. The molecule has 1 aliphatic rings. The Kier molecular flexibility index (Phi) is 7.83. The Morgan fingerprint density at radius 3 is 2.35 bits per heavy atom. The average Bonchev–Trinajstić information content (AvgIpc) is 3.13. The van der Waals surface area contributed by atoms with E-state index in [-0.39, 0.29) is 19.6 Å². The van der Waals surface area contributed by atoms with Crippen LogP contribution in [0, 0.1) is 0 Å². The van der Waals surface area contributed by atoms with Gasteiger partial charge in [-0.3, -0.25) is 9.59 Å². The number of imide groups is 1. The molecule has 0 saturated carbocycles. The highest BCUT2D eigenvalue weighted by Gasteiger charge is 2.46. The van der Waals surface area contributed by atoms with Gasteiger partial charge >= 0.3 is 12.0 Å². The van der Waals surface area contributed by atoms with E-state index in [2.05, 4.69) is 5.32 Å². The molecule has 4 amide bonds. The van der Waals surface area contributed by atoms with Crippen LogP contribution in [-0.2, 0) is 20.9 Å². The fourth-order valence-corrected chi connectivity index (χ4v) is 4.09. The predicted octanol–water partition coefficient (Wildman–Crippen LogP) is 4.24. The Balaban J connectivity index is 1.54. The Morgan fingerprint density at radius 1 is 0.946 bits per heavy atom. The van der Waals surface area contributed by atoms with E-state index in [9.17, 15) is 19.2 Å². The number of para-hydroxylation sites is 1. The summed E-state index contributed by atoms with van der Waals surface area (Å²) in [5, 5.41) is 2.74. The number of anilines is 2. The van der Waals surface area contributed by atoms with Crippen molar-refractivity contribution in [3.8, 4) is 5.75 Å². The van der Waals surface area contributed by atoms with E-state index in [1.807, 2.05) is 6.07 Å². The van der Waals surface area contributed by atoms with Gasteiger partial charge in [0.15, 0.2) is 0 Å². The number of carbonyl (C=O) groups excluding carboxylic acids is 4. The van der Waals surface area contributed by atoms with E-state index in [4.69, 9.17) is 9.47 Å². The quantitative estimate of drug-likeness (QED) is 0.347. The average molecular weight is 502 g/mol. The summed E-state index contributed by atoms with van der Waals surface area (Å²) in [5.41, 5.74) is 2.01. The van der Waals surface area contributed by atoms with E-state index in [1.54, 1.807) is 86.8 Å². The van der Waals surface area contributed by atoms with Gasteiger partial charge in [-0.05, 0) is 61.0 Å². The van der Waals surface area contributed by atoms with Crippen LogP contribution < -0.4 is 15.0 Å². The van der Waals surface area contributed by atoms with E-state index in [1.165, 1.54) is 4.90 Å². The summed E-state index contributed by atoms with van der Waals surface area (Å²) < 4.78 is 10.2. The first-order valence-electron chi connectivity index (χ1n) is 11.8. The molecule has 9 nitrogen and oxygen atoms in total. The number of nitrogens with zero attached hydrogens (tertiary/aromatic N) is 2. The number of esters is 1. The van der Waals surface area contributed by atoms with Crippen LogP contribution in [0.2, 0.25) is 0 Å². The Labute approximate surface area is 214 Å². The molecule has 3 aromatic carbocycles. The van der Waals surface area contributed by atoms with Crippen LogP contribution in [0.5, 0.6) is 5.75 Å². The Hall–Kier alpha value is -4.66. The molecule has 37 heavy (non-hydrogen) atoms. The van der Waals surface area contributed by atoms with E-state index < -0.39 is 29.9 Å². The third kappa shape index (κ3) is 5.78. The van der Waals surface area contributed by atoms with Crippen LogP contribution in [-0.4, -0.2) is 48.5 Å². The predicted molar refractivity (Wildman–Crippen MR) is 137 cm³/mol. The van der Waals surface area contributed by atoms with Crippen molar-refractivity contribution in [3.63, 3.8) is 0 Å². The summed E-state index contributed by atoms with van der Waals surface area (Å²) >= 11 is 0. The zero-order valence-corrected chi connectivity index (χ0v) is 20.5. The normalized spacial score (nSPS) is 15.0. The van der Waals surface area contributed by atoms with Gasteiger partial charge in [-0.25, -0.2) is 14.5 Å². The van der Waals surface area contributed by atoms with E-state index in [0.717, 1.165) is 10.5 Å². The van der Waals surface area contributed by atoms with Gasteiger partial charge in [-0.2, -0.15) is 0 Å². The van der Waals surface area contributed by atoms with Gasteiger partial charge in [0.2, 0.25) is 5.91 Å². The fraction of sp³-hybridized carbons (Fsp3) is 0.214. The lowest BCUT2D eigenvalue weighted by Gasteiger charge is -2.22. The second kappa shape index (κ2) is 11.4. The molecule has 190 valence electrons. The summed E-state index contributed by atoms with van der Waals surface area (Å²) in [6.45, 7) is 2.10. The number of urea groups is 1. The molecule has 1 atom stereocenters. The first-order valence-corrected chi connectivity index (χ1v) is 11.8. The molecule has 0 aliphatic carbocycles. The monoisotopic (exact) mass is 501 g/mol. The number of carbonyl (C=O) groups is 4. The summed E-state index contributed by atoms with van der Waals surface area (Å²) in [5.74, 6) is -0.756. The van der Waals surface area contributed by atoms with Gasteiger partial charge < -0.3 is 19.7 Å². The van der Waals surface area contributed by atoms with Crippen LogP contribution in [0.4, 0.5) is 16.2 Å². The maximum atomic E-state index is 13.4. The minimum atomic E-state index is -1.00. The van der Waals surface area contributed by atoms with E-state index >= 15 is 0 Å². The molecule has 1 N–H and O–H groups in total. The highest BCUT2D eigenvalue weighted by Crippen LogP contribution is 2.29. The molecule has 0 radical (unpaired) electrons. The van der Waals surface area contributed by atoms with Gasteiger partial charge in [-0.1, -0.05) is 30.3 Å². The lowest BCUT2D eigenvalue weighted by atomic mass is 10.1. The number of methoxy groups -OCH3 is 1. The van der Waals surface area contributed by atoms with Crippen LogP contribution >= 0.6 is 0 Å². The first-order chi connectivity index (χ1) is 17.9. The zero-order chi connectivity index (χ0) is 26.4. The molecule has 1 heterocycles. The van der Waals surface area contributed by atoms with Crippen molar-refractivity contribution in [2.45, 2.75) is 25.9 Å². The molecule has 1 fully saturated rings. The van der Waals surface area contributed by atoms with Crippen molar-refractivity contribution in [3.05, 3.63) is 90.0 Å². The minimum Gasteiger partial charge on any atom is -0.497 e. The van der Waals surface area contributed by atoms with Crippen LogP contribution in [0.25, 0.3) is 0 Å². The van der Waals surface area contributed by atoms with Gasteiger partial charge in [0.1, 0.15) is 11.8 Å². The van der Waals surface area contributed by atoms with Gasteiger partial charge in [-0.15, -0.1) is 0 Å². The number of amides is 4. The Bertz CT molecular complexity index is 1290. The topological polar surface area (TPSA) is 105 Å². The molecule has 9 heteroatoms. The fourth-order valence-electron chi connectivity index (χ4n) is 4.09. The molecule has 1 saturated heterocycles. The highest BCUT2D eigenvalue weighted by atomic mass is 16.5. The molecule has 0 spiro atoms. The lowest BCUT2D eigenvalue weighted by Crippen LogP contribution is -2.37. The standard InChI is InChI=1S/C28H27N3O6/c1-3-37-27(34)20-12-14-21(15-13-20)29-25(32)17-24-26(33)31(22-9-5-4-6-10-22)28(35)30(24)18-19-8-7-11-23(16-19)36-2/h4-16,24H,3,17-18H2,1-2H3,(H,29,32)/t24-/m1/s1. The van der Waals surface area contributed by atoms with Crippen molar-refractivity contribution < 1.29 is 28.7 Å². The number of nitrogens with one attached hydrogen (secondary N) is 1. The molecule has 0 aromatic heterocycles. The molecular formula is C28H27N3O6. The van der Waals surface area contributed by atoms with Crippen LogP contribution in [0.15, 0.2) is 78.9 Å². The Morgan fingerprint density at radius 2 is 1.68 bits per heavy atom. The maximum Gasteiger partial charge on any atom is 0.338 e. The minimum absolute atomic E-state index is 0.122. The first kappa shape index (κ1) is 25.4. The number of rotatable bonds is 9. The van der Waals surface area contributed by atoms with Crippen molar-refractivity contribution >= 4 is 35.2 Å². The number of hydrogen-bond acceptors (Lipinski definition) is 6. The van der Waals surface area contributed by atoms with Crippen LogP contribution in [0.3, 0.4) is 0 Å². The van der Waals surface area contributed by atoms with Gasteiger partial charge in [0, 0.05) is 12.2 Å². The molecule has 1 aliphatic heterocycles. The third-order valence-corrected chi connectivity index (χ3v) is 5.88. The van der Waals surface area contributed by atoms with Gasteiger partial charge in [0.05, 0.1) is 31.4 Å². The zero-order valence-electron chi connectivity index (χ0n) is 20.5. The highest BCUT2D eigenvalue weighted by molar-refractivity contribution is 6.22. The number of benzene rings is 3. The molecule has 0 bridgehead atoms. The molecule has 0 unspecified atom stereocenters. The van der Waals surface area contributed by atoms with Gasteiger partial charge in [0.25, 0.3) is 5.91 Å². The summed E-state index contributed by atoms with van der Waals surface area (Å²) in [6.07, 6.45) is -0.239. The summed E-state index contributed by atoms with van der Waals surface area (Å²) in [4.78, 5) is 54.1. The van der Waals surface area contributed by atoms with Crippen molar-refractivity contribution in [1.82, 2.24) is 4.90 Å². The summed E-state index contributed by atoms with van der Waals surface area (Å²) in [6, 6.07) is 20.6. The SMILES string of the molecule is CCOC(=O)c1ccc(NC(=O)C[C@@H]2C(=O)N(c3ccccc3)C(=O)N2Cc2cccc(OC)c2)cc1. The van der Waals surface area contributed by atoms with Crippen molar-refractivity contribution in [2.24, 2.45) is 0 Å². The smallest absolute Gasteiger partial charge is 0.338 e. The van der Waals surface area contributed by atoms with Crippen LogP contribution in [0.1, 0.15) is 29.3 Å². The van der Waals surface area contributed by atoms with Crippen molar-refractivity contribution in [2.75, 3.05) is 23.9 Å². The van der Waals surface area contributed by atoms with E-state index in [0.29, 0.717) is 22.7 Å². The maximum absolute atomic E-state index is 13.4.